The Morgan fingerprint density at radius 3 is 2.76 bits per heavy atom. The number of carbonyl (C=O) groups is 1. The summed E-state index contributed by atoms with van der Waals surface area (Å²) in [6, 6.07) is 3.44. The van der Waals surface area contributed by atoms with Gasteiger partial charge in [0, 0.05) is 25.8 Å². The van der Waals surface area contributed by atoms with E-state index >= 15 is 0 Å². The number of anilines is 3. The number of carbonyl (C=O) groups excluding carboxylic acids is 1. The number of nitrogens with zero attached hydrogens (tertiary/aromatic N) is 3. The van der Waals surface area contributed by atoms with Crippen LogP contribution in [0.25, 0.3) is 0 Å². The van der Waals surface area contributed by atoms with Gasteiger partial charge in [-0.1, -0.05) is 19.3 Å². The molecule has 1 saturated carbocycles. The van der Waals surface area contributed by atoms with E-state index in [4.69, 9.17) is 4.74 Å². The lowest BCUT2D eigenvalue weighted by Gasteiger charge is -2.34. The van der Waals surface area contributed by atoms with Crippen molar-refractivity contribution in [3.05, 3.63) is 40.5 Å². The van der Waals surface area contributed by atoms with Gasteiger partial charge in [-0.2, -0.15) is 4.98 Å². The third-order valence-corrected chi connectivity index (χ3v) is 5.68. The molecule has 0 unspecified atom stereocenters. The van der Waals surface area contributed by atoms with Gasteiger partial charge in [0.15, 0.2) is 0 Å². The highest BCUT2D eigenvalue weighted by atomic mass is 16.5. The molecule has 2 aliphatic rings. The van der Waals surface area contributed by atoms with E-state index in [0.29, 0.717) is 41.9 Å². The number of fused-ring (bicyclic) bond motifs is 2. The van der Waals surface area contributed by atoms with Gasteiger partial charge >= 0.3 is 0 Å². The van der Waals surface area contributed by atoms with Crippen LogP contribution in [0.2, 0.25) is 0 Å². The Labute approximate surface area is 169 Å². The summed E-state index contributed by atoms with van der Waals surface area (Å²) in [5, 5.41) is 22.7. The molecule has 29 heavy (non-hydrogen) atoms. The van der Waals surface area contributed by atoms with Gasteiger partial charge in [-0.25, -0.2) is 15.0 Å². The highest BCUT2D eigenvalue weighted by Gasteiger charge is 2.48. The number of rotatable bonds is 6. The van der Waals surface area contributed by atoms with Crippen LogP contribution in [0.5, 0.6) is 0 Å². The van der Waals surface area contributed by atoms with E-state index in [1.165, 1.54) is 6.33 Å². The van der Waals surface area contributed by atoms with Crippen LogP contribution >= 0.6 is 0 Å². The van der Waals surface area contributed by atoms with Crippen molar-refractivity contribution >= 4 is 23.4 Å². The van der Waals surface area contributed by atoms with Crippen LogP contribution in [-0.2, 0) is 10.3 Å². The molecule has 0 saturated heterocycles. The number of pyridine rings is 1. The lowest BCUT2D eigenvalue weighted by molar-refractivity contribution is -0.603. The Balaban J connectivity index is 1.67. The fraction of sp³-hybridized carbons (Fsp3) is 0.500. The quantitative estimate of drug-likeness (QED) is 0.388. The Bertz CT molecular complexity index is 927. The van der Waals surface area contributed by atoms with Gasteiger partial charge in [-0.3, -0.25) is 4.79 Å². The number of aryl methyl sites for hydroxylation is 1. The van der Waals surface area contributed by atoms with Crippen LogP contribution in [0.3, 0.4) is 0 Å². The van der Waals surface area contributed by atoms with Crippen molar-refractivity contribution in [1.29, 1.82) is 0 Å². The predicted octanol–water partition coefficient (Wildman–Crippen LogP) is 2.12. The van der Waals surface area contributed by atoms with Crippen molar-refractivity contribution in [3.8, 4) is 0 Å². The lowest BCUT2D eigenvalue weighted by Crippen LogP contribution is -2.49. The van der Waals surface area contributed by atoms with Crippen molar-refractivity contribution in [1.82, 2.24) is 15.3 Å². The zero-order valence-electron chi connectivity index (χ0n) is 16.7. The largest absolute Gasteiger partial charge is 0.710 e. The van der Waals surface area contributed by atoms with E-state index in [9.17, 15) is 10.0 Å². The molecule has 1 spiro atoms. The molecule has 2 aromatic rings. The number of amides is 1. The van der Waals surface area contributed by atoms with E-state index in [-0.39, 0.29) is 5.91 Å². The first-order valence-corrected chi connectivity index (χ1v) is 9.96. The predicted molar refractivity (Wildman–Crippen MR) is 108 cm³/mol. The van der Waals surface area contributed by atoms with E-state index in [1.807, 2.05) is 6.92 Å². The van der Waals surface area contributed by atoms with Gasteiger partial charge < -0.3 is 20.6 Å². The third kappa shape index (κ3) is 3.57. The second-order valence-electron chi connectivity index (χ2n) is 7.66. The molecule has 4 rings (SSSR count). The van der Waals surface area contributed by atoms with Gasteiger partial charge in [0.1, 0.15) is 23.4 Å². The average Bonchev–Trinajstić information content (AvgIpc) is 2.99. The topological polar surface area (TPSA) is 115 Å². The first-order valence-electron chi connectivity index (χ1n) is 9.96. The molecule has 154 valence electrons. The molecule has 0 bridgehead atoms. The van der Waals surface area contributed by atoms with Gasteiger partial charge in [0.2, 0.25) is 5.82 Å². The second kappa shape index (κ2) is 7.82. The van der Waals surface area contributed by atoms with E-state index in [1.54, 1.807) is 19.2 Å². The molecule has 3 N–H and O–H groups in total. The van der Waals surface area contributed by atoms with Crippen molar-refractivity contribution < 1.29 is 14.3 Å². The normalized spacial score (nSPS) is 17.1. The molecule has 2 aromatic heterocycles. The molecule has 0 radical (unpaired) electrons. The van der Waals surface area contributed by atoms with Crippen molar-refractivity contribution in [3.63, 3.8) is 0 Å². The molecule has 0 aromatic carbocycles. The summed E-state index contributed by atoms with van der Waals surface area (Å²) < 4.78 is 5.89. The van der Waals surface area contributed by atoms with Crippen molar-refractivity contribution in [2.45, 2.75) is 44.6 Å². The highest BCUT2D eigenvalue weighted by Crippen LogP contribution is 2.42. The molecular weight excluding hydrogens is 372 g/mol. The number of ether oxygens (including phenoxy) is 1. The Hall–Kier alpha value is -2.94. The summed E-state index contributed by atoms with van der Waals surface area (Å²) in [6.07, 6.45) is 6.14. The first kappa shape index (κ1) is 19.4. The van der Waals surface area contributed by atoms with Crippen LogP contribution < -0.4 is 20.7 Å². The monoisotopic (exact) mass is 398 g/mol. The zero-order chi connectivity index (χ0) is 20.4. The molecule has 1 amide bonds. The van der Waals surface area contributed by atoms with Crippen LogP contribution in [0.4, 0.5) is 17.5 Å². The maximum absolute atomic E-state index is 13.3. The third-order valence-electron chi connectivity index (χ3n) is 5.68. The number of nitrogens with one attached hydrogen (secondary N) is 3. The summed E-state index contributed by atoms with van der Waals surface area (Å²) in [6.45, 7) is 3.03. The molecule has 9 heteroatoms. The standard InChI is InChI=1S/C20H26N6O3/c1-13-10-16(24-15-11-14(22-12-23-15)21-8-9-29-2)26(28)18-17(13)19(27)25-20(18)6-4-3-5-7-20/h10-12H,3-9H2,1-2H3,(H,25,27)(H2,21,22,23,24). The van der Waals surface area contributed by atoms with Crippen molar-refractivity contribution in [2.75, 3.05) is 30.9 Å². The number of methoxy groups -OCH3 is 1. The van der Waals surface area contributed by atoms with Gasteiger partial charge in [0.05, 0.1) is 12.2 Å². The minimum Gasteiger partial charge on any atom is -0.710 e. The van der Waals surface area contributed by atoms with Gasteiger partial charge in [0.25, 0.3) is 11.7 Å². The SMILES string of the molecule is COCCNc1cc(Nc2cc(C)c3c([n+]2[O-])C2(CCCCC2)NC3=O)ncn1. The molecule has 0 atom stereocenters. The molecular formula is C20H26N6O3. The maximum Gasteiger partial charge on any atom is 0.284 e. The molecule has 3 heterocycles. The van der Waals surface area contributed by atoms with Crippen LogP contribution in [-0.4, -0.2) is 36.1 Å². The molecule has 1 aliphatic heterocycles. The first-order chi connectivity index (χ1) is 14.0. The summed E-state index contributed by atoms with van der Waals surface area (Å²) in [7, 11) is 1.64. The fourth-order valence-corrected chi connectivity index (χ4v) is 4.34. The maximum atomic E-state index is 13.3. The number of hydrogen-bond acceptors (Lipinski definition) is 7. The fourth-order valence-electron chi connectivity index (χ4n) is 4.34. The minimum absolute atomic E-state index is 0.151. The summed E-state index contributed by atoms with van der Waals surface area (Å²) in [5.41, 5.74) is 1.27. The van der Waals surface area contributed by atoms with Crippen LogP contribution in [0.1, 0.15) is 53.7 Å². The van der Waals surface area contributed by atoms with Gasteiger partial charge in [-0.15, -0.1) is 0 Å². The van der Waals surface area contributed by atoms with Crippen molar-refractivity contribution in [2.24, 2.45) is 0 Å². The number of hydrogen-bond donors (Lipinski definition) is 3. The molecule has 1 fully saturated rings. The van der Waals surface area contributed by atoms with Gasteiger partial charge in [-0.05, 0) is 25.3 Å². The summed E-state index contributed by atoms with van der Waals surface area (Å²) in [5.74, 6) is 1.33. The molecule has 1 aliphatic carbocycles. The van der Waals surface area contributed by atoms with Crippen LogP contribution in [0.15, 0.2) is 18.5 Å². The van der Waals surface area contributed by atoms with Crippen LogP contribution in [0, 0.1) is 12.1 Å². The minimum atomic E-state index is -0.562. The average molecular weight is 398 g/mol. The van der Waals surface area contributed by atoms with E-state index in [0.717, 1.165) is 42.4 Å². The lowest BCUT2D eigenvalue weighted by atomic mass is 9.79. The van der Waals surface area contributed by atoms with E-state index < -0.39 is 5.54 Å². The Morgan fingerprint density at radius 2 is 2.00 bits per heavy atom. The Morgan fingerprint density at radius 1 is 1.24 bits per heavy atom. The number of aromatic nitrogens is 3. The summed E-state index contributed by atoms with van der Waals surface area (Å²) >= 11 is 0. The zero-order valence-corrected chi connectivity index (χ0v) is 16.7. The highest BCUT2D eigenvalue weighted by molar-refractivity contribution is 6.00. The van der Waals surface area contributed by atoms with E-state index in [2.05, 4.69) is 25.9 Å². The smallest absolute Gasteiger partial charge is 0.284 e. The summed E-state index contributed by atoms with van der Waals surface area (Å²) in [4.78, 5) is 21.0. The second-order valence-corrected chi connectivity index (χ2v) is 7.66. The molecule has 9 nitrogen and oxygen atoms in total. The Kier molecular flexibility index (Phi) is 5.23.